The van der Waals surface area contributed by atoms with Crippen molar-refractivity contribution in [3.8, 4) is 5.75 Å². The molecule has 0 aromatic heterocycles. The van der Waals surface area contributed by atoms with Crippen LogP contribution in [-0.4, -0.2) is 38.6 Å². The van der Waals surface area contributed by atoms with Gasteiger partial charge < -0.3 is 19.5 Å². The number of rotatable bonds is 7. The van der Waals surface area contributed by atoms with Crippen LogP contribution in [0.5, 0.6) is 5.75 Å². The standard InChI is InChI=1S/C12H21BO4Si/c1-18(2,3)9-8-16-10-17-12-7-5-4-6-11(12)13(14)15/h4-7,14-15H,8-10H2,1-3H3. The molecule has 6 heteroatoms. The van der Waals surface area contributed by atoms with Crippen molar-refractivity contribution in [2.45, 2.75) is 25.7 Å². The summed E-state index contributed by atoms with van der Waals surface area (Å²) in [5, 5.41) is 18.3. The molecule has 0 fully saturated rings. The van der Waals surface area contributed by atoms with E-state index in [2.05, 4.69) is 19.6 Å². The largest absolute Gasteiger partial charge is 0.492 e. The van der Waals surface area contributed by atoms with Crippen molar-refractivity contribution < 1.29 is 19.5 Å². The molecule has 0 heterocycles. The average Bonchev–Trinajstić information content (AvgIpc) is 2.27. The summed E-state index contributed by atoms with van der Waals surface area (Å²) < 4.78 is 10.8. The normalized spacial score (nSPS) is 11.4. The first-order valence-corrected chi connectivity index (χ1v) is 9.76. The van der Waals surface area contributed by atoms with E-state index in [0.717, 1.165) is 6.04 Å². The molecule has 18 heavy (non-hydrogen) atoms. The van der Waals surface area contributed by atoms with Crippen molar-refractivity contribution in [2.75, 3.05) is 13.4 Å². The third-order valence-corrected chi connectivity index (χ3v) is 4.20. The van der Waals surface area contributed by atoms with Gasteiger partial charge in [0.25, 0.3) is 0 Å². The van der Waals surface area contributed by atoms with Crippen LogP contribution in [0.25, 0.3) is 0 Å². The molecule has 0 atom stereocenters. The molecular formula is C12H21BO4Si. The SMILES string of the molecule is C[Si](C)(C)CCOCOc1ccccc1B(O)O. The molecule has 0 unspecified atom stereocenters. The zero-order valence-corrected chi connectivity index (χ0v) is 12.2. The first-order valence-electron chi connectivity index (χ1n) is 6.06. The molecule has 0 aliphatic heterocycles. The maximum atomic E-state index is 9.15. The highest BCUT2D eigenvalue weighted by Gasteiger charge is 2.16. The molecule has 0 spiro atoms. The maximum absolute atomic E-state index is 9.15. The van der Waals surface area contributed by atoms with E-state index in [1.807, 2.05) is 0 Å². The Labute approximate surface area is 110 Å². The minimum absolute atomic E-state index is 0.133. The predicted molar refractivity (Wildman–Crippen MR) is 75.9 cm³/mol. The Kier molecular flexibility index (Phi) is 5.88. The smallest absolute Gasteiger partial charge is 0.468 e. The van der Waals surface area contributed by atoms with Crippen molar-refractivity contribution in [1.82, 2.24) is 0 Å². The molecule has 2 N–H and O–H groups in total. The molecule has 0 bridgehead atoms. The third kappa shape index (κ3) is 5.68. The van der Waals surface area contributed by atoms with Gasteiger partial charge in [0.15, 0.2) is 6.79 Å². The average molecular weight is 268 g/mol. The fourth-order valence-electron chi connectivity index (χ4n) is 1.37. The van der Waals surface area contributed by atoms with Crippen LogP contribution in [0.1, 0.15) is 0 Å². The van der Waals surface area contributed by atoms with Crippen molar-refractivity contribution in [3.05, 3.63) is 24.3 Å². The Bertz CT molecular complexity index is 365. The zero-order valence-electron chi connectivity index (χ0n) is 11.2. The highest BCUT2D eigenvalue weighted by atomic mass is 28.3. The lowest BCUT2D eigenvalue weighted by Crippen LogP contribution is -2.31. The summed E-state index contributed by atoms with van der Waals surface area (Å²) in [6, 6.07) is 7.90. The van der Waals surface area contributed by atoms with Crippen LogP contribution in [0.2, 0.25) is 25.7 Å². The van der Waals surface area contributed by atoms with Crippen LogP contribution >= 0.6 is 0 Å². The first kappa shape index (κ1) is 15.2. The maximum Gasteiger partial charge on any atom is 0.492 e. The van der Waals surface area contributed by atoms with E-state index < -0.39 is 15.2 Å². The monoisotopic (exact) mass is 268 g/mol. The van der Waals surface area contributed by atoms with Gasteiger partial charge in [0.1, 0.15) is 5.75 Å². The van der Waals surface area contributed by atoms with Crippen molar-refractivity contribution >= 4 is 20.7 Å². The van der Waals surface area contributed by atoms with Gasteiger partial charge in [-0.05, 0) is 12.1 Å². The number of ether oxygens (including phenoxy) is 2. The lowest BCUT2D eigenvalue weighted by atomic mass is 9.80. The summed E-state index contributed by atoms with van der Waals surface area (Å²) in [5.41, 5.74) is 0.353. The first-order chi connectivity index (χ1) is 8.40. The van der Waals surface area contributed by atoms with E-state index in [1.165, 1.54) is 0 Å². The van der Waals surface area contributed by atoms with E-state index in [-0.39, 0.29) is 6.79 Å². The summed E-state index contributed by atoms with van der Waals surface area (Å²) in [6.45, 7) is 7.67. The van der Waals surface area contributed by atoms with Crippen LogP contribution in [0.4, 0.5) is 0 Å². The fraction of sp³-hybridized carbons (Fsp3) is 0.500. The van der Waals surface area contributed by atoms with E-state index in [0.29, 0.717) is 17.8 Å². The van der Waals surface area contributed by atoms with E-state index in [9.17, 15) is 0 Å². The molecule has 4 nitrogen and oxygen atoms in total. The predicted octanol–water partition coefficient (Wildman–Crippen LogP) is 1.06. The van der Waals surface area contributed by atoms with Gasteiger partial charge in [-0.1, -0.05) is 37.8 Å². The van der Waals surface area contributed by atoms with E-state index in [4.69, 9.17) is 19.5 Å². The summed E-state index contributed by atoms with van der Waals surface area (Å²) in [5.74, 6) is 0.445. The van der Waals surface area contributed by atoms with Gasteiger partial charge in [-0.3, -0.25) is 0 Å². The number of hydrogen-bond donors (Lipinski definition) is 2. The zero-order chi connectivity index (χ0) is 13.6. The second-order valence-electron chi connectivity index (χ2n) is 5.39. The van der Waals surface area contributed by atoms with Crippen LogP contribution in [0, 0.1) is 0 Å². The van der Waals surface area contributed by atoms with Gasteiger partial charge in [-0.15, -0.1) is 0 Å². The Morgan fingerprint density at radius 2 is 1.83 bits per heavy atom. The minimum atomic E-state index is -1.52. The Morgan fingerprint density at radius 1 is 1.17 bits per heavy atom. The Hall–Kier alpha value is -0.818. The van der Waals surface area contributed by atoms with Gasteiger partial charge in [0.05, 0.1) is 0 Å². The van der Waals surface area contributed by atoms with Crippen molar-refractivity contribution in [1.29, 1.82) is 0 Å². The molecule has 1 rings (SSSR count). The molecule has 0 saturated carbocycles. The molecule has 100 valence electrons. The van der Waals surface area contributed by atoms with Gasteiger partial charge in [0, 0.05) is 20.1 Å². The van der Waals surface area contributed by atoms with Gasteiger partial charge in [0.2, 0.25) is 0 Å². The molecular weight excluding hydrogens is 247 g/mol. The summed E-state index contributed by atoms with van der Waals surface area (Å²) >= 11 is 0. The second kappa shape index (κ2) is 6.94. The number of hydrogen-bond acceptors (Lipinski definition) is 4. The molecule has 1 aromatic rings. The van der Waals surface area contributed by atoms with Gasteiger partial charge in [-0.25, -0.2) is 0 Å². The van der Waals surface area contributed by atoms with Crippen LogP contribution < -0.4 is 10.2 Å². The van der Waals surface area contributed by atoms with Crippen LogP contribution in [-0.2, 0) is 4.74 Å². The summed E-state index contributed by atoms with van der Waals surface area (Å²) in [4.78, 5) is 0. The van der Waals surface area contributed by atoms with Crippen LogP contribution in [0.15, 0.2) is 24.3 Å². The van der Waals surface area contributed by atoms with Crippen molar-refractivity contribution in [2.24, 2.45) is 0 Å². The van der Waals surface area contributed by atoms with Crippen LogP contribution in [0.3, 0.4) is 0 Å². The van der Waals surface area contributed by atoms with E-state index >= 15 is 0 Å². The molecule has 0 amide bonds. The lowest BCUT2D eigenvalue weighted by molar-refractivity contribution is 0.0225. The Morgan fingerprint density at radius 3 is 2.44 bits per heavy atom. The van der Waals surface area contributed by atoms with E-state index in [1.54, 1.807) is 24.3 Å². The molecule has 0 aliphatic rings. The number of para-hydroxylation sites is 1. The third-order valence-electron chi connectivity index (χ3n) is 2.49. The molecule has 1 aromatic carbocycles. The highest BCUT2D eigenvalue weighted by molar-refractivity contribution is 6.76. The molecule has 0 saturated heterocycles. The van der Waals surface area contributed by atoms with Crippen molar-refractivity contribution in [3.63, 3.8) is 0 Å². The quantitative estimate of drug-likeness (QED) is 0.441. The minimum Gasteiger partial charge on any atom is -0.468 e. The topological polar surface area (TPSA) is 58.9 Å². The molecule has 0 radical (unpaired) electrons. The summed E-state index contributed by atoms with van der Waals surface area (Å²) in [7, 11) is -2.60. The highest BCUT2D eigenvalue weighted by Crippen LogP contribution is 2.09. The summed E-state index contributed by atoms with van der Waals surface area (Å²) in [6.07, 6.45) is 0. The van der Waals surface area contributed by atoms with Gasteiger partial charge in [-0.2, -0.15) is 0 Å². The fourth-order valence-corrected chi connectivity index (χ4v) is 2.12. The Balaban J connectivity index is 2.36. The lowest BCUT2D eigenvalue weighted by Gasteiger charge is -2.16. The number of benzene rings is 1. The molecule has 0 aliphatic carbocycles. The van der Waals surface area contributed by atoms with Gasteiger partial charge >= 0.3 is 7.12 Å². The second-order valence-corrected chi connectivity index (χ2v) is 11.0.